The molecule has 8 nitrogen and oxygen atoms in total. The number of carbonyl (C=O) groups excluding carboxylic acids is 1. The zero-order valence-electron chi connectivity index (χ0n) is 11.5. The third-order valence-corrected chi connectivity index (χ3v) is 2.93. The summed E-state index contributed by atoms with van der Waals surface area (Å²) in [6.45, 7) is 1.61. The van der Waals surface area contributed by atoms with E-state index in [0.29, 0.717) is 11.4 Å². The molecule has 0 bridgehead atoms. The van der Waals surface area contributed by atoms with E-state index in [1.165, 1.54) is 10.9 Å². The number of carbonyl (C=O) groups is 1. The van der Waals surface area contributed by atoms with Crippen LogP contribution in [-0.2, 0) is 4.79 Å². The maximum Gasteiger partial charge on any atom is 0.307 e. The monoisotopic (exact) mass is 290 g/mol. The Hall–Kier alpha value is -2.90. The Morgan fingerprint density at radius 1 is 1.43 bits per heavy atom. The van der Waals surface area contributed by atoms with Crippen LogP contribution in [0.15, 0.2) is 36.7 Å². The molecular weight excluding hydrogens is 276 g/mol. The van der Waals surface area contributed by atoms with Gasteiger partial charge in [-0.3, -0.25) is 19.6 Å². The van der Waals surface area contributed by atoms with Gasteiger partial charge in [0.2, 0.25) is 5.91 Å². The summed E-state index contributed by atoms with van der Waals surface area (Å²) in [4.78, 5) is 22.1. The number of nitrogens with one attached hydrogen (secondary N) is 1. The van der Waals surface area contributed by atoms with Gasteiger partial charge in [-0.1, -0.05) is 0 Å². The minimum atomic E-state index is -0.666. The Morgan fingerprint density at radius 3 is 2.62 bits per heavy atom. The molecule has 1 amide bonds. The average molecular weight is 290 g/mol. The lowest BCUT2D eigenvalue weighted by atomic mass is 10.2. The first-order valence-electron chi connectivity index (χ1n) is 6.14. The second kappa shape index (κ2) is 6.04. The molecule has 0 spiro atoms. The minimum Gasteiger partial charge on any atom is -0.497 e. The average Bonchev–Trinajstić information content (AvgIpc) is 2.97. The van der Waals surface area contributed by atoms with Crippen LogP contribution in [0.4, 0.5) is 11.4 Å². The number of benzene rings is 1. The summed E-state index contributed by atoms with van der Waals surface area (Å²) in [5.41, 5.74) is 0.452. The lowest BCUT2D eigenvalue weighted by molar-refractivity contribution is -0.385. The number of amides is 1. The largest absolute Gasteiger partial charge is 0.497 e. The minimum absolute atomic E-state index is 0.154. The van der Waals surface area contributed by atoms with Gasteiger partial charge in [-0.2, -0.15) is 5.10 Å². The van der Waals surface area contributed by atoms with E-state index in [0.717, 1.165) is 6.20 Å². The summed E-state index contributed by atoms with van der Waals surface area (Å²) < 4.78 is 6.27. The molecule has 1 N–H and O–H groups in total. The molecule has 1 aromatic carbocycles. The summed E-state index contributed by atoms with van der Waals surface area (Å²) in [6.07, 6.45) is 2.33. The molecule has 0 aliphatic heterocycles. The van der Waals surface area contributed by atoms with E-state index in [4.69, 9.17) is 4.74 Å². The molecule has 0 unspecified atom stereocenters. The van der Waals surface area contributed by atoms with Gasteiger partial charge in [-0.25, -0.2) is 0 Å². The van der Waals surface area contributed by atoms with E-state index in [-0.39, 0.29) is 11.6 Å². The molecular formula is C13H14N4O4. The van der Waals surface area contributed by atoms with Crippen molar-refractivity contribution >= 4 is 17.3 Å². The van der Waals surface area contributed by atoms with Crippen molar-refractivity contribution in [1.82, 2.24) is 9.78 Å². The molecule has 1 atom stereocenters. The first kappa shape index (κ1) is 14.5. The zero-order valence-corrected chi connectivity index (χ0v) is 11.5. The Bertz CT molecular complexity index is 650. The van der Waals surface area contributed by atoms with Crippen LogP contribution in [0.25, 0.3) is 0 Å². The molecule has 2 aromatic rings. The van der Waals surface area contributed by atoms with Crippen LogP contribution in [0.1, 0.15) is 13.0 Å². The summed E-state index contributed by atoms with van der Waals surface area (Å²) >= 11 is 0. The van der Waals surface area contributed by atoms with Crippen molar-refractivity contribution in [2.75, 3.05) is 12.4 Å². The Kier molecular flexibility index (Phi) is 4.17. The number of hydrogen-bond acceptors (Lipinski definition) is 5. The fourth-order valence-corrected chi connectivity index (χ4v) is 1.68. The number of nitrogens with zero attached hydrogens (tertiary/aromatic N) is 3. The standard InChI is InChI=1S/C13H14N4O4/c1-9(16-8-11(7-14-16)17(19)20)13(18)15-10-3-5-12(21-2)6-4-10/h3-9H,1-2H3,(H,15,18)/t9-/m1/s1. The van der Waals surface area contributed by atoms with Gasteiger partial charge in [0.05, 0.1) is 12.0 Å². The van der Waals surface area contributed by atoms with Gasteiger partial charge in [0.25, 0.3) is 0 Å². The second-order valence-electron chi connectivity index (χ2n) is 4.33. The summed E-state index contributed by atoms with van der Waals surface area (Å²) in [7, 11) is 1.56. The van der Waals surface area contributed by atoms with Gasteiger partial charge < -0.3 is 10.1 Å². The van der Waals surface area contributed by atoms with E-state index in [1.807, 2.05) is 0 Å². The highest BCUT2D eigenvalue weighted by Gasteiger charge is 2.19. The van der Waals surface area contributed by atoms with Gasteiger partial charge >= 0.3 is 5.69 Å². The third kappa shape index (κ3) is 3.35. The molecule has 0 aliphatic carbocycles. The molecule has 8 heteroatoms. The highest BCUT2D eigenvalue weighted by Crippen LogP contribution is 2.18. The van der Waals surface area contributed by atoms with Crippen LogP contribution in [-0.4, -0.2) is 27.7 Å². The molecule has 110 valence electrons. The fourth-order valence-electron chi connectivity index (χ4n) is 1.68. The van der Waals surface area contributed by atoms with Crippen molar-refractivity contribution in [3.8, 4) is 5.75 Å². The highest BCUT2D eigenvalue weighted by molar-refractivity contribution is 5.93. The Balaban J connectivity index is 2.05. The van der Waals surface area contributed by atoms with Crippen molar-refractivity contribution in [2.24, 2.45) is 0 Å². The van der Waals surface area contributed by atoms with Crippen LogP contribution in [0, 0.1) is 10.1 Å². The number of rotatable bonds is 5. The molecule has 0 radical (unpaired) electrons. The highest BCUT2D eigenvalue weighted by atomic mass is 16.6. The maximum absolute atomic E-state index is 12.1. The first-order chi connectivity index (χ1) is 10.0. The van der Waals surface area contributed by atoms with E-state index in [2.05, 4.69) is 10.4 Å². The maximum atomic E-state index is 12.1. The van der Waals surface area contributed by atoms with Crippen LogP contribution in [0.3, 0.4) is 0 Å². The van der Waals surface area contributed by atoms with Crippen LogP contribution >= 0.6 is 0 Å². The number of ether oxygens (including phenoxy) is 1. The smallest absolute Gasteiger partial charge is 0.307 e. The van der Waals surface area contributed by atoms with E-state index < -0.39 is 11.0 Å². The Labute approximate surface area is 120 Å². The predicted molar refractivity (Wildman–Crippen MR) is 75.2 cm³/mol. The van der Waals surface area contributed by atoms with Crippen molar-refractivity contribution in [3.63, 3.8) is 0 Å². The summed E-state index contributed by atoms with van der Waals surface area (Å²) in [6, 6.07) is 6.18. The molecule has 21 heavy (non-hydrogen) atoms. The normalized spacial score (nSPS) is 11.7. The lowest BCUT2D eigenvalue weighted by Gasteiger charge is -2.12. The molecule has 1 aromatic heterocycles. The van der Waals surface area contributed by atoms with Gasteiger partial charge in [-0.05, 0) is 31.2 Å². The Morgan fingerprint density at radius 2 is 2.10 bits per heavy atom. The van der Waals surface area contributed by atoms with Crippen molar-refractivity contribution < 1.29 is 14.5 Å². The molecule has 0 aliphatic rings. The quantitative estimate of drug-likeness (QED) is 0.670. The van der Waals surface area contributed by atoms with Crippen molar-refractivity contribution in [3.05, 3.63) is 46.8 Å². The predicted octanol–water partition coefficient (Wildman–Crippen LogP) is 2.00. The second-order valence-corrected chi connectivity index (χ2v) is 4.33. The number of nitro groups is 1. The van der Waals surface area contributed by atoms with Crippen molar-refractivity contribution in [2.45, 2.75) is 13.0 Å². The number of aromatic nitrogens is 2. The first-order valence-corrected chi connectivity index (χ1v) is 6.14. The third-order valence-electron chi connectivity index (χ3n) is 2.93. The molecule has 0 saturated carbocycles. The SMILES string of the molecule is COc1ccc(NC(=O)[C@@H](C)n2cc([N+](=O)[O-])cn2)cc1. The van der Waals surface area contributed by atoms with Crippen LogP contribution < -0.4 is 10.1 Å². The van der Waals surface area contributed by atoms with Gasteiger partial charge in [0.15, 0.2) is 0 Å². The zero-order chi connectivity index (χ0) is 15.4. The molecule has 0 saturated heterocycles. The van der Waals surface area contributed by atoms with Gasteiger partial charge in [-0.15, -0.1) is 0 Å². The number of anilines is 1. The summed E-state index contributed by atoms with van der Waals surface area (Å²) in [5.74, 6) is 0.363. The van der Waals surface area contributed by atoms with Crippen molar-refractivity contribution in [1.29, 1.82) is 0 Å². The van der Waals surface area contributed by atoms with E-state index in [9.17, 15) is 14.9 Å². The topological polar surface area (TPSA) is 99.3 Å². The van der Waals surface area contributed by atoms with Gasteiger partial charge in [0, 0.05) is 5.69 Å². The summed E-state index contributed by atoms with van der Waals surface area (Å²) in [5, 5.41) is 17.1. The molecule has 2 rings (SSSR count). The van der Waals surface area contributed by atoms with Crippen LogP contribution in [0.2, 0.25) is 0 Å². The fraction of sp³-hybridized carbons (Fsp3) is 0.231. The molecule has 1 heterocycles. The van der Waals surface area contributed by atoms with Gasteiger partial charge in [0.1, 0.15) is 24.2 Å². The lowest BCUT2D eigenvalue weighted by Crippen LogP contribution is -2.23. The number of hydrogen-bond donors (Lipinski definition) is 1. The number of methoxy groups -OCH3 is 1. The van der Waals surface area contributed by atoms with Crippen LogP contribution in [0.5, 0.6) is 5.75 Å². The molecule has 0 fully saturated rings. The van der Waals surface area contributed by atoms with E-state index >= 15 is 0 Å². The van der Waals surface area contributed by atoms with E-state index in [1.54, 1.807) is 38.3 Å².